The first-order chi connectivity index (χ1) is 7.00. The summed E-state index contributed by atoms with van der Waals surface area (Å²) in [5.74, 6) is -1.47. The van der Waals surface area contributed by atoms with E-state index < -0.39 is 5.97 Å². The van der Waals surface area contributed by atoms with Crippen LogP contribution in [0.3, 0.4) is 0 Å². The predicted octanol–water partition coefficient (Wildman–Crippen LogP) is 2.01. The highest BCUT2D eigenvalue weighted by Gasteiger charge is 2.02. The van der Waals surface area contributed by atoms with E-state index in [1.807, 2.05) is 0 Å². The molecule has 5 heteroatoms. The van der Waals surface area contributed by atoms with Gasteiger partial charge in [0.05, 0.1) is 5.69 Å². The summed E-state index contributed by atoms with van der Waals surface area (Å²) in [4.78, 5) is 10.4. The molecular weight excluding hydrogens is 199 g/mol. The Balaban J connectivity index is 2.78. The van der Waals surface area contributed by atoms with E-state index >= 15 is 0 Å². The van der Waals surface area contributed by atoms with Crippen LogP contribution in [0.2, 0.25) is 0 Å². The molecule has 0 bridgehead atoms. The molecule has 15 heavy (non-hydrogen) atoms. The molecule has 0 saturated carbocycles. The van der Waals surface area contributed by atoms with E-state index in [1.54, 1.807) is 19.1 Å². The fourth-order valence-corrected chi connectivity index (χ4v) is 0.859. The number of nitrogens with zero attached hydrogens (tertiary/aromatic N) is 1. The summed E-state index contributed by atoms with van der Waals surface area (Å²) in [6.07, 6.45) is 0. The number of carbonyl (C=O) groups is 1. The number of hydrogen-bond donors (Lipinski definition) is 2. The van der Waals surface area contributed by atoms with Crippen molar-refractivity contribution in [2.24, 2.45) is 5.10 Å². The van der Waals surface area contributed by atoms with E-state index in [-0.39, 0.29) is 11.5 Å². The molecule has 0 heterocycles. The first kappa shape index (κ1) is 11.2. The molecule has 0 aliphatic rings. The summed E-state index contributed by atoms with van der Waals surface area (Å²) >= 11 is 0. The fraction of sp³-hybridized carbons (Fsp3) is 0.200. The average molecular weight is 210 g/mol. The summed E-state index contributed by atoms with van der Waals surface area (Å²) in [6, 6.07) is 4.47. The molecule has 0 fully saturated rings. The van der Waals surface area contributed by atoms with E-state index in [4.69, 9.17) is 5.11 Å². The van der Waals surface area contributed by atoms with Gasteiger partial charge in [0, 0.05) is 0 Å². The van der Waals surface area contributed by atoms with E-state index in [0.29, 0.717) is 11.3 Å². The van der Waals surface area contributed by atoms with Crippen LogP contribution in [0.4, 0.5) is 10.1 Å². The van der Waals surface area contributed by atoms with E-state index in [0.717, 1.165) is 0 Å². The summed E-state index contributed by atoms with van der Waals surface area (Å²) in [5, 5.41) is 12.1. The first-order valence-corrected chi connectivity index (χ1v) is 4.30. The number of hydrazone groups is 1. The van der Waals surface area contributed by atoms with Crippen LogP contribution in [0.5, 0.6) is 0 Å². The SMILES string of the molecule is C/C(=N\Nc1ccc(C)c(F)c1)C(=O)O. The number of aryl methyl sites for hydroxylation is 1. The van der Waals surface area contributed by atoms with Crippen LogP contribution in [0.15, 0.2) is 23.3 Å². The number of rotatable bonds is 3. The fourth-order valence-electron chi connectivity index (χ4n) is 0.859. The second kappa shape index (κ2) is 4.54. The number of halogens is 1. The zero-order valence-corrected chi connectivity index (χ0v) is 8.41. The van der Waals surface area contributed by atoms with E-state index in [1.165, 1.54) is 13.0 Å². The van der Waals surface area contributed by atoms with Gasteiger partial charge in [0.25, 0.3) is 0 Å². The maximum Gasteiger partial charge on any atom is 0.351 e. The average Bonchev–Trinajstić information content (AvgIpc) is 2.19. The molecule has 1 aromatic carbocycles. The molecule has 4 nitrogen and oxygen atoms in total. The number of carboxylic acid groups (broad SMARTS) is 1. The molecule has 0 amide bonds. The lowest BCUT2D eigenvalue weighted by Crippen LogP contribution is -2.10. The number of nitrogens with one attached hydrogen (secondary N) is 1. The number of anilines is 1. The third-order valence-electron chi connectivity index (χ3n) is 1.83. The largest absolute Gasteiger partial charge is 0.477 e. The minimum absolute atomic E-state index is 0.0871. The summed E-state index contributed by atoms with van der Waals surface area (Å²) in [6.45, 7) is 2.99. The Bertz CT molecular complexity index is 416. The lowest BCUT2D eigenvalue weighted by molar-refractivity contribution is -0.129. The van der Waals surface area contributed by atoms with Crippen LogP contribution in [-0.2, 0) is 4.79 Å². The zero-order valence-electron chi connectivity index (χ0n) is 8.41. The molecule has 0 unspecified atom stereocenters. The first-order valence-electron chi connectivity index (χ1n) is 4.30. The lowest BCUT2D eigenvalue weighted by atomic mass is 10.2. The lowest BCUT2D eigenvalue weighted by Gasteiger charge is -2.02. The second-order valence-corrected chi connectivity index (χ2v) is 3.08. The van der Waals surface area contributed by atoms with E-state index in [9.17, 15) is 9.18 Å². The van der Waals surface area contributed by atoms with Crippen molar-refractivity contribution < 1.29 is 14.3 Å². The molecule has 1 aromatic rings. The summed E-state index contributed by atoms with van der Waals surface area (Å²) in [7, 11) is 0. The van der Waals surface area contributed by atoms with Gasteiger partial charge in [-0.25, -0.2) is 9.18 Å². The normalized spacial score (nSPS) is 11.3. The van der Waals surface area contributed by atoms with Gasteiger partial charge in [-0.3, -0.25) is 5.43 Å². The van der Waals surface area contributed by atoms with Crippen molar-refractivity contribution >= 4 is 17.4 Å². The Morgan fingerprint density at radius 2 is 2.20 bits per heavy atom. The van der Waals surface area contributed by atoms with Gasteiger partial charge in [-0.05, 0) is 31.5 Å². The van der Waals surface area contributed by atoms with Crippen molar-refractivity contribution in [3.63, 3.8) is 0 Å². The van der Waals surface area contributed by atoms with Crippen LogP contribution in [0.25, 0.3) is 0 Å². The van der Waals surface area contributed by atoms with Gasteiger partial charge in [-0.15, -0.1) is 0 Å². The molecule has 2 N–H and O–H groups in total. The smallest absolute Gasteiger partial charge is 0.351 e. The van der Waals surface area contributed by atoms with Gasteiger partial charge in [0.15, 0.2) is 0 Å². The minimum atomic E-state index is -1.12. The number of carboxylic acids is 1. The van der Waals surface area contributed by atoms with Crippen LogP contribution in [0.1, 0.15) is 12.5 Å². The molecular formula is C10H11FN2O2. The van der Waals surface area contributed by atoms with Crippen molar-refractivity contribution in [2.45, 2.75) is 13.8 Å². The van der Waals surface area contributed by atoms with Gasteiger partial charge in [0.2, 0.25) is 0 Å². The molecule has 0 atom stereocenters. The molecule has 0 aliphatic carbocycles. The predicted molar refractivity (Wildman–Crippen MR) is 55.5 cm³/mol. The second-order valence-electron chi connectivity index (χ2n) is 3.08. The molecule has 0 saturated heterocycles. The maximum absolute atomic E-state index is 13.1. The van der Waals surface area contributed by atoms with Crippen molar-refractivity contribution in [3.05, 3.63) is 29.6 Å². The van der Waals surface area contributed by atoms with Crippen LogP contribution in [0, 0.1) is 12.7 Å². The Morgan fingerprint density at radius 1 is 1.53 bits per heavy atom. The minimum Gasteiger partial charge on any atom is -0.477 e. The Kier molecular flexibility index (Phi) is 3.38. The summed E-state index contributed by atoms with van der Waals surface area (Å²) < 4.78 is 13.1. The number of hydrogen-bond acceptors (Lipinski definition) is 3. The van der Waals surface area contributed by atoms with Gasteiger partial charge < -0.3 is 5.11 Å². The molecule has 0 radical (unpaired) electrons. The van der Waals surface area contributed by atoms with Crippen LogP contribution >= 0.6 is 0 Å². The third kappa shape index (κ3) is 3.05. The highest BCUT2D eigenvalue weighted by Crippen LogP contribution is 2.13. The molecule has 0 aromatic heterocycles. The quantitative estimate of drug-likeness (QED) is 0.592. The zero-order chi connectivity index (χ0) is 11.4. The van der Waals surface area contributed by atoms with Crippen LogP contribution in [-0.4, -0.2) is 16.8 Å². The van der Waals surface area contributed by atoms with Crippen LogP contribution < -0.4 is 5.43 Å². The van der Waals surface area contributed by atoms with Crippen molar-refractivity contribution in [1.82, 2.24) is 0 Å². The molecule has 0 aliphatic heterocycles. The van der Waals surface area contributed by atoms with E-state index in [2.05, 4.69) is 10.5 Å². The van der Waals surface area contributed by atoms with Crippen molar-refractivity contribution in [1.29, 1.82) is 0 Å². The Morgan fingerprint density at radius 3 is 2.73 bits per heavy atom. The third-order valence-corrected chi connectivity index (χ3v) is 1.83. The molecule has 1 rings (SSSR count). The molecule has 0 spiro atoms. The topological polar surface area (TPSA) is 61.7 Å². The highest BCUT2D eigenvalue weighted by molar-refractivity contribution is 6.34. The van der Waals surface area contributed by atoms with Crippen molar-refractivity contribution in [3.8, 4) is 0 Å². The Hall–Kier alpha value is -1.91. The number of benzene rings is 1. The standard InChI is InChI=1S/C10H11FN2O2/c1-6-3-4-8(5-9(6)11)13-12-7(2)10(14)15/h3-5,13H,1-2H3,(H,14,15)/b12-7+. The van der Waals surface area contributed by atoms with Gasteiger partial charge in [0.1, 0.15) is 11.5 Å². The maximum atomic E-state index is 13.1. The van der Waals surface area contributed by atoms with Gasteiger partial charge >= 0.3 is 5.97 Å². The number of aliphatic carboxylic acids is 1. The molecule has 80 valence electrons. The van der Waals surface area contributed by atoms with Gasteiger partial charge in [-0.1, -0.05) is 6.07 Å². The Labute approximate surface area is 86.4 Å². The highest BCUT2D eigenvalue weighted by atomic mass is 19.1. The summed E-state index contributed by atoms with van der Waals surface area (Å²) in [5.41, 5.74) is 3.32. The monoisotopic (exact) mass is 210 g/mol. The van der Waals surface area contributed by atoms with Gasteiger partial charge in [-0.2, -0.15) is 5.10 Å². The van der Waals surface area contributed by atoms with Crippen molar-refractivity contribution in [2.75, 3.05) is 5.43 Å².